The number of phenolic OH excluding ortho intramolecular Hbond substituents is 1. The van der Waals surface area contributed by atoms with E-state index in [9.17, 15) is 9.90 Å². The van der Waals surface area contributed by atoms with E-state index in [1.807, 2.05) is 11.4 Å². The molecule has 1 amide bonds. The van der Waals surface area contributed by atoms with Crippen LogP contribution in [0.2, 0.25) is 0 Å². The van der Waals surface area contributed by atoms with Gasteiger partial charge in [0.15, 0.2) is 5.96 Å². The number of nitriles is 1. The first-order valence-corrected chi connectivity index (χ1v) is 4.35. The van der Waals surface area contributed by atoms with Gasteiger partial charge in [-0.15, -0.1) is 0 Å². The van der Waals surface area contributed by atoms with Crippen molar-refractivity contribution in [3.8, 4) is 11.8 Å². The molecular weight excluding hydrogens is 208 g/mol. The number of nitrogens with one attached hydrogen (secondary N) is 2. The molecular formula is C10H10N4O2. The van der Waals surface area contributed by atoms with E-state index >= 15 is 0 Å². The summed E-state index contributed by atoms with van der Waals surface area (Å²) in [7, 11) is 0. The zero-order valence-electron chi connectivity index (χ0n) is 8.53. The van der Waals surface area contributed by atoms with E-state index in [4.69, 9.17) is 16.4 Å². The van der Waals surface area contributed by atoms with Gasteiger partial charge < -0.3 is 10.8 Å². The molecule has 0 aliphatic heterocycles. The number of hydrogen-bond donors (Lipinski definition) is 4. The quantitative estimate of drug-likeness (QED) is 0.397. The Morgan fingerprint density at radius 3 is 2.75 bits per heavy atom. The van der Waals surface area contributed by atoms with E-state index in [0.29, 0.717) is 5.56 Å². The number of carbonyl (C=O) groups is 1. The van der Waals surface area contributed by atoms with Crippen molar-refractivity contribution >= 4 is 11.9 Å². The van der Waals surface area contributed by atoms with Crippen molar-refractivity contribution in [2.75, 3.05) is 0 Å². The minimum atomic E-state index is -0.709. The van der Waals surface area contributed by atoms with Gasteiger partial charge in [-0.1, -0.05) is 0 Å². The van der Waals surface area contributed by atoms with Crippen LogP contribution >= 0.6 is 0 Å². The van der Waals surface area contributed by atoms with Crippen LogP contribution in [0.15, 0.2) is 12.1 Å². The maximum atomic E-state index is 11.6. The highest BCUT2D eigenvalue weighted by atomic mass is 16.3. The van der Waals surface area contributed by atoms with Gasteiger partial charge in [-0.2, -0.15) is 5.26 Å². The molecule has 0 aromatic heterocycles. The highest BCUT2D eigenvalue weighted by Crippen LogP contribution is 2.23. The molecule has 0 heterocycles. The maximum Gasteiger partial charge on any atom is 0.262 e. The predicted molar refractivity (Wildman–Crippen MR) is 56.9 cm³/mol. The average molecular weight is 218 g/mol. The lowest BCUT2D eigenvalue weighted by atomic mass is 10.0. The predicted octanol–water partition coefficient (Wildman–Crippen LogP) is 0.196. The fraction of sp³-hybridized carbons (Fsp3) is 0.100. The molecule has 0 fully saturated rings. The molecule has 1 aromatic carbocycles. The second-order valence-electron chi connectivity index (χ2n) is 3.11. The molecule has 0 spiro atoms. The van der Waals surface area contributed by atoms with Crippen LogP contribution in [0, 0.1) is 23.7 Å². The van der Waals surface area contributed by atoms with Crippen molar-refractivity contribution in [3.05, 3.63) is 28.8 Å². The number of hydrogen-bond acceptors (Lipinski definition) is 4. The Kier molecular flexibility index (Phi) is 3.11. The molecule has 0 radical (unpaired) electrons. The first kappa shape index (κ1) is 11.5. The van der Waals surface area contributed by atoms with Crippen molar-refractivity contribution in [3.63, 3.8) is 0 Å². The monoisotopic (exact) mass is 218 g/mol. The third-order valence-corrected chi connectivity index (χ3v) is 2.04. The Hall–Kier alpha value is -2.55. The summed E-state index contributed by atoms with van der Waals surface area (Å²) in [6, 6.07) is 4.56. The van der Waals surface area contributed by atoms with Gasteiger partial charge in [0.05, 0.1) is 17.2 Å². The number of nitrogens with two attached hydrogens (primary N) is 1. The molecule has 0 saturated carbocycles. The van der Waals surface area contributed by atoms with Crippen LogP contribution in [0.1, 0.15) is 21.5 Å². The molecule has 16 heavy (non-hydrogen) atoms. The molecule has 1 rings (SSSR count). The fourth-order valence-corrected chi connectivity index (χ4v) is 1.29. The summed E-state index contributed by atoms with van der Waals surface area (Å²) in [6.07, 6.45) is 0. The van der Waals surface area contributed by atoms with Gasteiger partial charge in [0.25, 0.3) is 5.91 Å². The average Bonchev–Trinajstić information content (AvgIpc) is 2.16. The van der Waals surface area contributed by atoms with Gasteiger partial charge in [0.2, 0.25) is 0 Å². The Morgan fingerprint density at radius 2 is 2.25 bits per heavy atom. The van der Waals surface area contributed by atoms with Gasteiger partial charge in [0.1, 0.15) is 5.75 Å². The second kappa shape index (κ2) is 4.31. The number of benzene rings is 1. The Labute approximate surface area is 91.8 Å². The van der Waals surface area contributed by atoms with Crippen molar-refractivity contribution in [1.82, 2.24) is 5.32 Å². The van der Waals surface area contributed by atoms with E-state index in [2.05, 4.69) is 0 Å². The van der Waals surface area contributed by atoms with E-state index in [0.717, 1.165) is 0 Å². The van der Waals surface area contributed by atoms with Crippen LogP contribution in [-0.2, 0) is 0 Å². The summed E-state index contributed by atoms with van der Waals surface area (Å²) >= 11 is 0. The van der Waals surface area contributed by atoms with Crippen LogP contribution in [0.25, 0.3) is 0 Å². The number of aromatic hydroxyl groups is 1. The van der Waals surface area contributed by atoms with Crippen LogP contribution in [-0.4, -0.2) is 17.0 Å². The lowest BCUT2D eigenvalue weighted by Crippen LogP contribution is -2.36. The normalized spacial score (nSPS) is 9.25. The third-order valence-electron chi connectivity index (χ3n) is 2.04. The van der Waals surface area contributed by atoms with Crippen molar-refractivity contribution in [2.24, 2.45) is 5.73 Å². The lowest BCUT2D eigenvalue weighted by molar-refractivity contribution is 0.0973. The summed E-state index contributed by atoms with van der Waals surface area (Å²) < 4.78 is 0. The second-order valence-corrected chi connectivity index (χ2v) is 3.11. The minimum absolute atomic E-state index is 0.0470. The molecule has 0 aliphatic rings. The largest absolute Gasteiger partial charge is 0.507 e. The number of amides is 1. The van der Waals surface area contributed by atoms with Crippen LogP contribution in [0.4, 0.5) is 0 Å². The summed E-state index contributed by atoms with van der Waals surface area (Å²) in [4.78, 5) is 11.6. The van der Waals surface area contributed by atoms with Gasteiger partial charge in [-0.05, 0) is 24.6 Å². The highest BCUT2D eigenvalue weighted by Gasteiger charge is 2.17. The molecule has 0 bridgehead atoms. The number of phenols is 1. The van der Waals surface area contributed by atoms with Crippen molar-refractivity contribution in [2.45, 2.75) is 6.92 Å². The third kappa shape index (κ3) is 2.09. The molecule has 6 nitrogen and oxygen atoms in total. The van der Waals surface area contributed by atoms with Crippen LogP contribution in [0.3, 0.4) is 0 Å². The minimum Gasteiger partial charge on any atom is -0.507 e. The highest BCUT2D eigenvalue weighted by molar-refractivity contribution is 6.07. The molecule has 5 N–H and O–H groups in total. The van der Waals surface area contributed by atoms with Crippen LogP contribution in [0.5, 0.6) is 5.75 Å². The number of guanidine groups is 1. The molecule has 6 heteroatoms. The van der Waals surface area contributed by atoms with E-state index in [1.165, 1.54) is 19.1 Å². The maximum absolute atomic E-state index is 11.6. The Balaban J connectivity index is 3.28. The number of nitrogens with zero attached hydrogens (tertiary/aromatic N) is 1. The first-order valence-electron chi connectivity index (χ1n) is 4.35. The van der Waals surface area contributed by atoms with Gasteiger partial charge in [-0.3, -0.25) is 15.5 Å². The zero-order valence-corrected chi connectivity index (χ0v) is 8.53. The molecule has 1 aromatic rings. The van der Waals surface area contributed by atoms with Gasteiger partial charge >= 0.3 is 0 Å². The Morgan fingerprint density at radius 1 is 1.62 bits per heavy atom. The Bertz CT molecular complexity index is 502. The van der Waals surface area contributed by atoms with Gasteiger partial charge in [-0.25, -0.2) is 0 Å². The number of carbonyl (C=O) groups excluding carboxylic acids is 1. The van der Waals surface area contributed by atoms with E-state index in [1.54, 1.807) is 0 Å². The van der Waals surface area contributed by atoms with Crippen LogP contribution < -0.4 is 11.1 Å². The fourth-order valence-electron chi connectivity index (χ4n) is 1.29. The topological polar surface area (TPSA) is 123 Å². The van der Waals surface area contributed by atoms with Gasteiger partial charge in [0, 0.05) is 0 Å². The van der Waals surface area contributed by atoms with E-state index < -0.39 is 11.9 Å². The molecule has 0 aliphatic carbocycles. The SMILES string of the molecule is Cc1c(C#N)ccc(O)c1C(=O)NC(=N)N. The zero-order chi connectivity index (χ0) is 12.3. The molecule has 0 saturated heterocycles. The summed E-state index contributed by atoms with van der Waals surface area (Å²) in [5.74, 6) is -1.49. The molecule has 82 valence electrons. The number of rotatable bonds is 1. The van der Waals surface area contributed by atoms with Crippen molar-refractivity contribution < 1.29 is 9.90 Å². The molecule has 0 unspecified atom stereocenters. The standard InChI is InChI=1S/C10H10N4O2/c1-5-6(4-11)2-3-7(15)8(5)9(16)14-10(12)13/h2-3,15H,1H3,(H4,12,13,14,16). The van der Waals surface area contributed by atoms with Crippen molar-refractivity contribution in [1.29, 1.82) is 10.7 Å². The van der Waals surface area contributed by atoms with E-state index in [-0.39, 0.29) is 16.9 Å². The summed E-state index contributed by atoms with van der Waals surface area (Å²) in [6.45, 7) is 1.54. The summed E-state index contributed by atoms with van der Waals surface area (Å²) in [5, 5.41) is 27.2. The molecule has 0 atom stereocenters. The smallest absolute Gasteiger partial charge is 0.262 e. The lowest BCUT2D eigenvalue weighted by Gasteiger charge is -2.09. The summed E-state index contributed by atoms with van der Waals surface area (Å²) in [5.41, 5.74) is 5.59. The first-order chi connectivity index (χ1) is 7.47.